The number of aromatic nitrogens is 4. The Hall–Kier alpha value is -3.56. The van der Waals surface area contributed by atoms with E-state index in [0.717, 1.165) is 12.8 Å². The van der Waals surface area contributed by atoms with Gasteiger partial charge in [-0.15, -0.1) is 0 Å². The SMILES string of the molecule is CNc1cc(Nc2ccc3c(n2)OCCO3)nc2c(C(=O)NC3CC3)cnn12. The minimum atomic E-state index is -0.165. The molecule has 2 aliphatic rings. The molecule has 0 radical (unpaired) electrons. The van der Waals surface area contributed by atoms with Crippen LogP contribution < -0.4 is 25.4 Å². The highest BCUT2D eigenvalue weighted by atomic mass is 16.6. The lowest BCUT2D eigenvalue weighted by molar-refractivity contribution is 0.0952. The number of hydrogen-bond donors (Lipinski definition) is 3. The van der Waals surface area contributed by atoms with Crippen molar-refractivity contribution < 1.29 is 14.3 Å². The average Bonchev–Trinajstić information content (AvgIpc) is 3.42. The van der Waals surface area contributed by atoms with Crippen molar-refractivity contribution in [1.82, 2.24) is 24.9 Å². The summed E-state index contributed by atoms with van der Waals surface area (Å²) in [4.78, 5) is 21.5. The third kappa shape index (κ3) is 3.02. The number of hydrogen-bond acceptors (Lipinski definition) is 8. The molecule has 0 spiro atoms. The smallest absolute Gasteiger partial charge is 0.259 e. The highest BCUT2D eigenvalue weighted by Crippen LogP contribution is 2.30. The molecule has 10 nitrogen and oxygen atoms in total. The molecule has 5 rings (SSSR count). The van der Waals surface area contributed by atoms with Gasteiger partial charge < -0.3 is 25.4 Å². The van der Waals surface area contributed by atoms with Crippen LogP contribution >= 0.6 is 0 Å². The Labute approximate surface area is 160 Å². The van der Waals surface area contributed by atoms with E-state index in [0.29, 0.717) is 53.5 Å². The fourth-order valence-corrected chi connectivity index (χ4v) is 2.99. The molecule has 1 aliphatic heterocycles. The van der Waals surface area contributed by atoms with Crippen LogP contribution in [0.4, 0.5) is 17.5 Å². The van der Waals surface area contributed by atoms with Crippen LogP contribution in [0.25, 0.3) is 5.65 Å². The van der Waals surface area contributed by atoms with Crippen molar-refractivity contribution in [2.45, 2.75) is 18.9 Å². The summed E-state index contributed by atoms with van der Waals surface area (Å²) < 4.78 is 12.6. The van der Waals surface area contributed by atoms with Crippen molar-refractivity contribution in [3.8, 4) is 11.6 Å². The number of anilines is 3. The van der Waals surface area contributed by atoms with Crippen molar-refractivity contribution >= 4 is 29.0 Å². The van der Waals surface area contributed by atoms with Gasteiger partial charge >= 0.3 is 0 Å². The molecular weight excluding hydrogens is 362 g/mol. The summed E-state index contributed by atoms with van der Waals surface area (Å²) in [5.41, 5.74) is 0.896. The van der Waals surface area contributed by atoms with Crippen LogP contribution in [0.2, 0.25) is 0 Å². The predicted molar refractivity (Wildman–Crippen MR) is 102 cm³/mol. The molecule has 1 saturated carbocycles. The largest absolute Gasteiger partial charge is 0.484 e. The molecule has 3 N–H and O–H groups in total. The monoisotopic (exact) mass is 381 g/mol. The van der Waals surface area contributed by atoms with Gasteiger partial charge in [-0.25, -0.2) is 4.98 Å². The van der Waals surface area contributed by atoms with Crippen molar-refractivity contribution in [3.05, 3.63) is 30.0 Å². The molecule has 0 aromatic carbocycles. The molecule has 0 atom stereocenters. The number of nitrogens with one attached hydrogen (secondary N) is 3. The minimum absolute atomic E-state index is 0.165. The zero-order chi connectivity index (χ0) is 19.1. The number of ether oxygens (including phenoxy) is 2. The Balaban J connectivity index is 1.49. The number of pyridine rings is 1. The summed E-state index contributed by atoms with van der Waals surface area (Å²) in [6, 6.07) is 5.64. The molecule has 10 heteroatoms. The molecule has 4 heterocycles. The number of fused-ring (bicyclic) bond motifs is 2. The van der Waals surface area contributed by atoms with E-state index in [2.05, 4.69) is 31.0 Å². The van der Waals surface area contributed by atoms with Gasteiger partial charge in [0.15, 0.2) is 11.4 Å². The van der Waals surface area contributed by atoms with E-state index < -0.39 is 0 Å². The van der Waals surface area contributed by atoms with Crippen LogP contribution in [0.5, 0.6) is 11.6 Å². The van der Waals surface area contributed by atoms with Gasteiger partial charge in [0, 0.05) is 19.2 Å². The first kappa shape index (κ1) is 16.6. The normalized spacial score (nSPS) is 15.3. The fourth-order valence-electron chi connectivity index (χ4n) is 2.99. The molecule has 0 saturated heterocycles. The van der Waals surface area contributed by atoms with E-state index in [1.807, 2.05) is 0 Å². The molecule has 3 aromatic rings. The topological polar surface area (TPSA) is 115 Å². The summed E-state index contributed by atoms with van der Waals surface area (Å²) in [7, 11) is 1.78. The van der Waals surface area contributed by atoms with Crippen LogP contribution in [-0.4, -0.2) is 51.8 Å². The van der Waals surface area contributed by atoms with E-state index in [1.54, 1.807) is 29.8 Å². The van der Waals surface area contributed by atoms with Crippen molar-refractivity contribution in [3.63, 3.8) is 0 Å². The van der Waals surface area contributed by atoms with Gasteiger partial charge in [-0.1, -0.05) is 0 Å². The zero-order valence-electron chi connectivity index (χ0n) is 15.2. The van der Waals surface area contributed by atoms with Gasteiger partial charge in [0.25, 0.3) is 11.8 Å². The Morgan fingerprint density at radius 1 is 1.18 bits per heavy atom. The zero-order valence-corrected chi connectivity index (χ0v) is 15.2. The Kier molecular flexibility index (Phi) is 3.89. The van der Waals surface area contributed by atoms with E-state index in [9.17, 15) is 4.79 Å². The van der Waals surface area contributed by atoms with Crippen LogP contribution in [-0.2, 0) is 0 Å². The van der Waals surface area contributed by atoms with Gasteiger partial charge in [-0.05, 0) is 25.0 Å². The number of nitrogens with zero attached hydrogens (tertiary/aromatic N) is 4. The summed E-state index contributed by atoms with van der Waals surface area (Å²) in [5, 5.41) is 13.5. The maximum Gasteiger partial charge on any atom is 0.259 e. The lowest BCUT2D eigenvalue weighted by Crippen LogP contribution is -2.25. The van der Waals surface area contributed by atoms with E-state index in [1.165, 1.54) is 6.20 Å². The molecule has 28 heavy (non-hydrogen) atoms. The van der Waals surface area contributed by atoms with Gasteiger partial charge in [0.05, 0.1) is 6.20 Å². The third-order valence-corrected chi connectivity index (χ3v) is 4.55. The molecule has 3 aromatic heterocycles. The molecule has 1 aliphatic carbocycles. The molecule has 0 bridgehead atoms. The second kappa shape index (κ2) is 6.55. The Bertz CT molecular complexity index is 1060. The van der Waals surface area contributed by atoms with Gasteiger partial charge in [0.1, 0.15) is 36.2 Å². The lowest BCUT2D eigenvalue weighted by atomic mass is 10.3. The first-order valence-corrected chi connectivity index (χ1v) is 9.12. The highest BCUT2D eigenvalue weighted by Gasteiger charge is 2.26. The van der Waals surface area contributed by atoms with E-state index in [-0.39, 0.29) is 11.9 Å². The first-order chi connectivity index (χ1) is 13.7. The highest BCUT2D eigenvalue weighted by molar-refractivity contribution is 6.00. The number of carbonyl (C=O) groups excluding carboxylic acids is 1. The van der Waals surface area contributed by atoms with Crippen molar-refractivity contribution in [2.75, 3.05) is 30.9 Å². The summed E-state index contributed by atoms with van der Waals surface area (Å²) >= 11 is 0. The molecule has 1 fully saturated rings. The van der Waals surface area contributed by atoms with Crippen LogP contribution in [0.3, 0.4) is 0 Å². The maximum absolute atomic E-state index is 12.5. The Morgan fingerprint density at radius 2 is 2.04 bits per heavy atom. The second-order valence-corrected chi connectivity index (χ2v) is 6.64. The molecule has 144 valence electrons. The summed E-state index contributed by atoms with van der Waals surface area (Å²) in [6.07, 6.45) is 3.57. The molecule has 1 amide bonds. The van der Waals surface area contributed by atoms with E-state index in [4.69, 9.17) is 9.47 Å². The summed E-state index contributed by atoms with van der Waals surface area (Å²) in [6.45, 7) is 0.977. The molecular formula is C18H19N7O3. The summed E-state index contributed by atoms with van der Waals surface area (Å²) in [5.74, 6) is 2.68. The average molecular weight is 381 g/mol. The predicted octanol–water partition coefficient (Wildman–Crippen LogP) is 1.57. The van der Waals surface area contributed by atoms with Crippen molar-refractivity contribution in [1.29, 1.82) is 0 Å². The molecule has 0 unspecified atom stereocenters. The first-order valence-electron chi connectivity index (χ1n) is 9.12. The third-order valence-electron chi connectivity index (χ3n) is 4.55. The number of carbonyl (C=O) groups is 1. The van der Waals surface area contributed by atoms with Crippen LogP contribution in [0, 0.1) is 0 Å². The lowest BCUT2D eigenvalue weighted by Gasteiger charge is -2.18. The van der Waals surface area contributed by atoms with Crippen LogP contribution in [0.15, 0.2) is 24.4 Å². The van der Waals surface area contributed by atoms with Crippen LogP contribution in [0.1, 0.15) is 23.2 Å². The number of amides is 1. The van der Waals surface area contributed by atoms with Gasteiger partial charge in [0.2, 0.25) is 0 Å². The fraction of sp³-hybridized carbons (Fsp3) is 0.333. The second-order valence-electron chi connectivity index (χ2n) is 6.64. The maximum atomic E-state index is 12.5. The van der Waals surface area contributed by atoms with E-state index >= 15 is 0 Å². The van der Waals surface area contributed by atoms with Gasteiger partial charge in [-0.3, -0.25) is 4.79 Å². The van der Waals surface area contributed by atoms with Gasteiger partial charge in [-0.2, -0.15) is 14.6 Å². The Morgan fingerprint density at radius 3 is 2.86 bits per heavy atom. The number of rotatable bonds is 5. The quantitative estimate of drug-likeness (QED) is 0.610. The minimum Gasteiger partial charge on any atom is -0.484 e. The standard InChI is InChI=1S/C18H19N7O3/c1-19-15-8-14(22-13-5-4-12-18(24-13)28-7-6-27-12)23-16-11(9-20-25(15)16)17(26)21-10-2-3-10/h4-5,8-10,19H,2-3,6-7H2,1H3,(H,21,26)(H,22,23,24). The van der Waals surface area contributed by atoms with Crippen molar-refractivity contribution in [2.24, 2.45) is 0 Å².